The molecule has 0 unspecified atom stereocenters. The first-order valence-corrected chi connectivity index (χ1v) is 16.2. The third-order valence-corrected chi connectivity index (χ3v) is 10.4. The van der Waals surface area contributed by atoms with Crippen LogP contribution in [-0.2, 0) is 16.2 Å². The van der Waals surface area contributed by atoms with Gasteiger partial charge in [-0.15, -0.1) is 0 Å². The van der Waals surface area contributed by atoms with Crippen molar-refractivity contribution in [1.29, 1.82) is 0 Å². The van der Waals surface area contributed by atoms with Gasteiger partial charge < -0.3 is 9.80 Å². The molecule has 0 N–H and O–H groups in total. The molecule has 0 amide bonds. The average Bonchev–Trinajstić information content (AvgIpc) is 3.46. The van der Waals surface area contributed by atoms with Crippen molar-refractivity contribution in [2.24, 2.45) is 4.99 Å². The van der Waals surface area contributed by atoms with E-state index in [2.05, 4.69) is 130 Å². The highest BCUT2D eigenvalue weighted by Gasteiger charge is 2.52. The fraction of sp³-hybridized carbons (Fsp3) is 0.375. The minimum Gasteiger partial charge on any atom is -0.342 e. The number of hydrogen-bond acceptors (Lipinski definition) is 3. The van der Waals surface area contributed by atoms with Gasteiger partial charge in [-0.25, -0.2) is 0 Å². The van der Waals surface area contributed by atoms with Crippen molar-refractivity contribution >= 4 is 11.6 Å². The Kier molecular flexibility index (Phi) is 5.65. The van der Waals surface area contributed by atoms with Crippen molar-refractivity contribution < 1.29 is 0 Å². The van der Waals surface area contributed by atoms with Crippen LogP contribution in [0.5, 0.6) is 0 Å². The first kappa shape index (κ1) is 26.8. The maximum absolute atomic E-state index is 5.05. The predicted octanol–water partition coefficient (Wildman–Crippen LogP) is 8.90. The van der Waals surface area contributed by atoms with Crippen LogP contribution in [0.1, 0.15) is 87.8 Å². The van der Waals surface area contributed by atoms with E-state index in [0.717, 1.165) is 39.0 Å². The summed E-state index contributed by atoms with van der Waals surface area (Å²) in [5.41, 5.74) is 14.9. The molecule has 0 atom stereocenters. The summed E-state index contributed by atoms with van der Waals surface area (Å²) in [7, 11) is 0. The van der Waals surface area contributed by atoms with Crippen LogP contribution < -0.4 is 4.90 Å². The molecule has 2 aliphatic heterocycles. The summed E-state index contributed by atoms with van der Waals surface area (Å²) in [6.45, 7) is 18.2. The smallest absolute Gasteiger partial charge is 0.201 e. The summed E-state index contributed by atoms with van der Waals surface area (Å²) in [5.74, 6) is 1.17. The lowest BCUT2D eigenvalue weighted by atomic mass is 9.68. The summed E-state index contributed by atoms with van der Waals surface area (Å²) in [4.78, 5) is 10.0. The van der Waals surface area contributed by atoms with Gasteiger partial charge >= 0.3 is 0 Å². The Hall–Kier alpha value is -3.85. The van der Waals surface area contributed by atoms with Gasteiger partial charge in [0, 0.05) is 31.9 Å². The Morgan fingerprint density at radius 1 is 0.581 bits per heavy atom. The van der Waals surface area contributed by atoms with Gasteiger partial charge in [0.05, 0.1) is 5.41 Å². The van der Waals surface area contributed by atoms with Crippen molar-refractivity contribution in [3.8, 4) is 22.3 Å². The van der Waals surface area contributed by atoms with E-state index in [1.165, 1.54) is 67.3 Å². The normalized spacial score (nSPS) is 18.1. The topological polar surface area (TPSA) is 18.8 Å². The highest BCUT2D eigenvalue weighted by atomic mass is 15.4. The van der Waals surface area contributed by atoms with E-state index in [4.69, 9.17) is 4.99 Å². The molecular formula is C40H43N3. The molecule has 2 aliphatic carbocycles. The summed E-state index contributed by atoms with van der Waals surface area (Å²) >= 11 is 0. The predicted molar refractivity (Wildman–Crippen MR) is 181 cm³/mol. The molecule has 0 saturated carbocycles. The molecule has 0 radical (unpaired) electrons. The zero-order chi connectivity index (χ0) is 29.7. The molecule has 4 aliphatic rings. The Labute approximate surface area is 257 Å². The Morgan fingerprint density at radius 2 is 1.14 bits per heavy atom. The first-order valence-electron chi connectivity index (χ1n) is 16.2. The number of nitrogens with zero attached hydrogens (tertiary/aromatic N) is 3. The summed E-state index contributed by atoms with van der Waals surface area (Å²) in [6.07, 6.45) is 2.32. The molecule has 3 heteroatoms. The van der Waals surface area contributed by atoms with Crippen LogP contribution in [-0.4, -0.2) is 37.0 Å². The van der Waals surface area contributed by atoms with Crippen LogP contribution in [0.15, 0.2) is 83.9 Å². The third kappa shape index (κ3) is 3.76. The number of rotatable bonds is 1. The van der Waals surface area contributed by atoms with Gasteiger partial charge in [-0.05, 0) is 91.4 Å². The third-order valence-electron chi connectivity index (χ3n) is 10.4. The standard InChI is InChI=1S/C40H43N3/c1-38(2,3)26-13-16-30-31-17-14-27(39(4,5)6)24-35(31)40(34(30)23-26)33-12-8-7-11-29(33)32-18-15-28(25-36(32)40)43-22-10-21-42-20-9-19-41-37(42)43/h7-8,11-18,23-25H,9-10,19-22H2,1-6H3. The number of guanidine groups is 1. The van der Waals surface area contributed by atoms with Gasteiger partial charge in [-0.3, -0.25) is 4.99 Å². The summed E-state index contributed by atoms with van der Waals surface area (Å²) in [6, 6.07) is 31.1. The zero-order valence-electron chi connectivity index (χ0n) is 26.6. The lowest BCUT2D eigenvalue weighted by Crippen LogP contribution is -2.52. The minimum absolute atomic E-state index is 0.0563. The monoisotopic (exact) mass is 565 g/mol. The highest BCUT2D eigenvalue weighted by molar-refractivity contribution is 6.00. The molecule has 1 saturated heterocycles. The van der Waals surface area contributed by atoms with E-state index in [9.17, 15) is 0 Å². The van der Waals surface area contributed by atoms with Crippen LogP contribution in [0.4, 0.5) is 5.69 Å². The molecule has 4 aromatic rings. The van der Waals surface area contributed by atoms with E-state index in [1.54, 1.807) is 0 Å². The van der Waals surface area contributed by atoms with Gasteiger partial charge in [0.15, 0.2) is 0 Å². The molecule has 0 aromatic heterocycles. The summed E-state index contributed by atoms with van der Waals surface area (Å²) < 4.78 is 0. The average molecular weight is 566 g/mol. The lowest BCUT2D eigenvalue weighted by Gasteiger charge is -2.41. The largest absolute Gasteiger partial charge is 0.342 e. The fourth-order valence-electron chi connectivity index (χ4n) is 8.15. The Balaban J connectivity index is 1.45. The Bertz CT molecular complexity index is 1750. The molecule has 4 aromatic carbocycles. The number of aliphatic imine (C=N–C) groups is 1. The molecule has 8 rings (SSSR count). The fourth-order valence-corrected chi connectivity index (χ4v) is 8.15. The molecule has 2 heterocycles. The van der Waals surface area contributed by atoms with Crippen molar-refractivity contribution in [3.05, 3.63) is 112 Å². The van der Waals surface area contributed by atoms with Gasteiger partial charge in [0.25, 0.3) is 0 Å². The maximum atomic E-state index is 5.05. The van der Waals surface area contributed by atoms with Crippen molar-refractivity contribution in [2.75, 3.05) is 31.1 Å². The molecule has 43 heavy (non-hydrogen) atoms. The lowest BCUT2D eigenvalue weighted by molar-refractivity contribution is 0.360. The van der Waals surface area contributed by atoms with Crippen LogP contribution in [0.25, 0.3) is 22.3 Å². The van der Waals surface area contributed by atoms with Gasteiger partial charge in [0.1, 0.15) is 0 Å². The SMILES string of the molecule is CC(C)(C)c1ccc2c(c1)C1(c3ccccc3-c3ccc(N4CCCN5CCCN=C54)cc31)c1cc(C(C)(C)C)ccc1-2. The quantitative estimate of drug-likeness (QED) is 0.198. The van der Waals surface area contributed by atoms with Crippen LogP contribution in [0.3, 0.4) is 0 Å². The second kappa shape index (κ2) is 9.08. The number of fused-ring (bicyclic) bond motifs is 11. The van der Waals surface area contributed by atoms with E-state index in [-0.39, 0.29) is 16.2 Å². The highest BCUT2D eigenvalue weighted by Crippen LogP contribution is 2.63. The minimum atomic E-state index is -0.362. The molecule has 1 spiro atoms. The second-order valence-electron chi connectivity index (χ2n) is 15.1. The van der Waals surface area contributed by atoms with E-state index in [0.29, 0.717) is 0 Å². The van der Waals surface area contributed by atoms with Crippen LogP contribution in [0, 0.1) is 0 Å². The van der Waals surface area contributed by atoms with Crippen molar-refractivity contribution in [2.45, 2.75) is 70.6 Å². The van der Waals surface area contributed by atoms with Crippen molar-refractivity contribution in [3.63, 3.8) is 0 Å². The zero-order valence-corrected chi connectivity index (χ0v) is 26.6. The van der Waals surface area contributed by atoms with E-state index < -0.39 is 0 Å². The molecule has 218 valence electrons. The molecule has 0 bridgehead atoms. The van der Waals surface area contributed by atoms with E-state index >= 15 is 0 Å². The molecular weight excluding hydrogens is 522 g/mol. The van der Waals surface area contributed by atoms with Gasteiger partial charge in [-0.1, -0.05) is 108 Å². The molecule has 3 nitrogen and oxygen atoms in total. The number of benzene rings is 4. The number of hydrogen-bond donors (Lipinski definition) is 0. The summed E-state index contributed by atoms with van der Waals surface area (Å²) in [5, 5.41) is 0. The number of anilines is 1. The van der Waals surface area contributed by atoms with Crippen molar-refractivity contribution in [1.82, 2.24) is 4.90 Å². The second-order valence-corrected chi connectivity index (χ2v) is 15.1. The van der Waals surface area contributed by atoms with E-state index in [1.807, 2.05) is 0 Å². The van der Waals surface area contributed by atoms with Gasteiger partial charge in [-0.2, -0.15) is 0 Å². The maximum Gasteiger partial charge on any atom is 0.201 e. The Morgan fingerprint density at radius 3 is 1.79 bits per heavy atom. The van der Waals surface area contributed by atoms with Crippen LogP contribution in [0.2, 0.25) is 0 Å². The molecule has 1 fully saturated rings. The van der Waals surface area contributed by atoms with Gasteiger partial charge in [0.2, 0.25) is 5.96 Å². The van der Waals surface area contributed by atoms with Crippen LogP contribution >= 0.6 is 0 Å². The first-order chi connectivity index (χ1) is 20.6.